The van der Waals surface area contributed by atoms with Crippen molar-refractivity contribution >= 4 is 23.2 Å². The van der Waals surface area contributed by atoms with Crippen LogP contribution in [0.15, 0.2) is 5.10 Å². The van der Waals surface area contributed by atoms with E-state index < -0.39 is 4.87 Å². The van der Waals surface area contributed by atoms with Crippen LogP contribution < -0.4 is 16.5 Å². The number of nitrogens with one attached hydrogen (secondary N) is 2. The topological polar surface area (TPSA) is 79.5 Å². The summed E-state index contributed by atoms with van der Waals surface area (Å²) in [6.45, 7) is 1.89. The zero-order valence-electron chi connectivity index (χ0n) is 7.82. The van der Waals surface area contributed by atoms with Crippen LogP contribution >= 0.6 is 11.8 Å². The fourth-order valence-corrected chi connectivity index (χ4v) is 2.91. The minimum absolute atomic E-state index is 0.272. The van der Waals surface area contributed by atoms with E-state index in [2.05, 4.69) is 15.8 Å². The van der Waals surface area contributed by atoms with Crippen LogP contribution in [0.2, 0.25) is 0 Å². The van der Waals surface area contributed by atoms with E-state index in [1.54, 1.807) is 5.55 Å². The minimum Gasteiger partial charge on any atom is -0.367 e. The van der Waals surface area contributed by atoms with E-state index in [-0.39, 0.29) is 11.8 Å². The van der Waals surface area contributed by atoms with Crippen LogP contribution in [0.25, 0.3) is 0 Å². The molecule has 0 saturated carbocycles. The second-order valence-corrected chi connectivity index (χ2v) is 4.68. The van der Waals surface area contributed by atoms with Gasteiger partial charge in [0.15, 0.2) is 4.87 Å². The predicted molar refractivity (Wildman–Crippen MR) is 56.7 cm³/mol. The molecule has 0 spiro atoms. The number of carbonyl (C=O) groups is 1. The van der Waals surface area contributed by atoms with E-state index in [4.69, 9.17) is 5.73 Å². The van der Waals surface area contributed by atoms with Gasteiger partial charge in [-0.05, 0) is 25.9 Å². The van der Waals surface area contributed by atoms with Gasteiger partial charge in [-0.15, -0.1) is 0 Å². The summed E-state index contributed by atoms with van der Waals surface area (Å²) < 4.78 is 0. The van der Waals surface area contributed by atoms with Crippen molar-refractivity contribution in [2.75, 3.05) is 13.1 Å². The molecule has 2 rings (SSSR count). The molecule has 4 N–H and O–H groups in total. The van der Waals surface area contributed by atoms with Crippen LogP contribution in [-0.4, -0.2) is 29.4 Å². The van der Waals surface area contributed by atoms with Crippen molar-refractivity contribution in [3.05, 3.63) is 0 Å². The zero-order valence-corrected chi connectivity index (χ0v) is 8.64. The van der Waals surface area contributed by atoms with Crippen LogP contribution in [0.5, 0.6) is 0 Å². The Bertz CT molecular complexity index is 254. The Labute approximate surface area is 86.9 Å². The number of nitrogens with zero attached hydrogens (tertiary/aromatic N) is 1. The van der Waals surface area contributed by atoms with Gasteiger partial charge in [-0.1, -0.05) is 11.8 Å². The predicted octanol–water partition coefficient (Wildman–Crippen LogP) is -0.553. The first-order valence-electron chi connectivity index (χ1n) is 4.73. The van der Waals surface area contributed by atoms with E-state index in [1.165, 1.54) is 11.8 Å². The van der Waals surface area contributed by atoms with E-state index in [1.807, 2.05) is 0 Å². The van der Waals surface area contributed by atoms with Gasteiger partial charge in [-0.3, -0.25) is 10.2 Å². The molecule has 0 radical (unpaired) electrons. The van der Waals surface area contributed by atoms with Crippen LogP contribution in [0, 0.1) is 5.92 Å². The molecule has 2 aliphatic rings. The molecule has 0 aromatic heterocycles. The van der Waals surface area contributed by atoms with Crippen molar-refractivity contribution in [1.29, 1.82) is 0 Å². The molecule has 1 amide bonds. The molecule has 14 heavy (non-hydrogen) atoms. The Kier molecular flexibility index (Phi) is 2.64. The standard InChI is InChI=1S/C8H14N4OS/c9-7(13)8(12-11-5-14-8)6-1-3-10-4-2-6/h5-6,10,12H,1-4H2,(H2,9,13). The van der Waals surface area contributed by atoms with Gasteiger partial charge < -0.3 is 11.1 Å². The van der Waals surface area contributed by atoms with Gasteiger partial charge in [0.2, 0.25) is 0 Å². The summed E-state index contributed by atoms with van der Waals surface area (Å²) in [6.07, 6.45) is 1.93. The van der Waals surface area contributed by atoms with E-state index in [0.29, 0.717) is 0 Å². The molecule has 0 bridgehead atoms. The lowest BCUT2D eigenvalue weighted by Gasteiger charge is -2.35. The second kappa shape index (κ2) is 3.78. The summed E-state index contributed by atoms with van der Waals surface area (Å²) in [6, 6.07) is 0. The fourth-order valence-electron chi connectivity index (χ4n) is 1.99. The number of amides is 1. The van der Waals surface area contributed by atoms with Crippen molar-refractivity contribution in [3.63, 3.8) is 0 Å². The summed E-state index contributed by atoms with van der Waals surface area (Å²) in [4.78, 5) is 10.8. The molecular formula is C8H14N4OS. The molecule has 1 saturated heterocycles. The number of hydrazone groups is 1. The highest BCUT2D eigenvalue weighted by atomic mass is 32.2. The van der Waals surface area contributed by atoms with Gasteiger partial charge in [0, 0.05) is 5.92 Å². The fraction of sp³-hybridized carbons (Fsp3) is 0.750. The van der Waals surface area contributed by atoms with Crippen molar-refractivity contribution < 1.29 is 4.79 Å². The highest BCUT2D eigenvalue weighted by Crippen LogP contribution is 2.37. The molecule has 2 heterocycles. The summed E-state index contributed by atoms with van der Waals surface area (Å²) in [7, 11) is 0. The van der Waals surface area contributed by atoms with Crippen molar-refractivity contribution in [3.8, 4) is 0 Å². The van der Waals surface area contributed by atoms with Crippen molar-refractivity contribution in [2.24, 2.45) is 16.8 Å². The SMILES string of the molecule is NC(=O)C1(C2CCNCC2)NN=CS1. The third-order valence-corrected chi connectivity index (χ3v) is 4.01. The normalized spacial score (nSPS) is 32.9. The van der Waals surface area contributed by atoms with Crippen LogP contribution in [0.4, 0.5) is 0 Å². The first kappa shape index (κ1) is 9.79. The molecule has 1 atom stereocenters. The molecule has 0 aromatic rings. The average Bonchev–Trinajstić information content (AvgIpc) is 2.69. The van der Waals surface area contributed by atoms with Gasteiger partial charge in [-0.25, -0.2) is 0 Å². The Morgan fingerprint density at radius 3 is 2.79 bits per heavy atom. The Hall–Kier alpha value is -0.750. The molecule has 78 valence electrons. The van der Waals surface area contributed by atoms with Gasteiger partial charge in [-0.2, -0.15) is 5.10 Å². The molecule has 0 aliphatic carbocycles. The van der Waals surface area contributed by atoms with E-state index >= 15 is 0 Å². The molecule has 1 fully saturated rings. The maximum absolute atomic E-state index is 11.5. The summed E-state index contributed by atoms with van der Waals surface area (Å²) in [5, 5.41) is 7.16. The molecule has 6 heteroatoms. The Morgan fingerprint density at radius 1 is 1.57 bits per heavy atom. The number of rotatable bonds is 2. The Balaban J connectivity index is 2.13. The van der Waals surface area contributed by atoms with E-state index in [0.717, 1.165) is 25.9 Å². The highest BCUT2D eigenvalue weighted by Gasteiger charge is 2.47. The smallest absolute Gasteiger partial charge is 0.255 e. The lowest BCUT2D eigenvalue weighted by atomic mass is 9.89. The number of primary amides is 1. The number of thioether (sulfide) groups is 1. The maximum atomic E-state index is 11.5. The first-order valence-corrected chi connectivity index (χ1v) is 5.61. The third-order valence-electron chi connectivity index (χ3n) is 2.80. The van der Waals surface area contributed by atoms with Crippen molar-refractivity contribution in [1.82, 2.24) is 10.7 Å². The monoisotopic (exact) mass is 214 g/mol. The summed E-state index contributed by atoms with van der Waals surface area (Å²) in [5.41, 5.74) is 9.97. The van der Waals surface area contributed by atoms with Crippen LogP contribution in [0.1, 0.15) is 12.8 Å². The maximum Gasteiger partial charge on any atom is 0.255 e. The summed E-state index contributed by atoms with van der Waals surface area (Å²) in [5.74, 6) is -0.0411. The van der Waals surface area contributed by atoms with Gasteiger partial charge in [0.25, 0.3) is 5.91 Å². The van der Waals surface area contributed by atoms with Gasteiger partial charge >= 0.3 is 0 Å². The molecule has 5 nitrogen and oxygen atoms in total. The van der Waals surface area contributed by atoms with Crippen LogP contribution in [-0.2, 0) is 4.79 Å². The highest BCUT2D eigenvalue weighted by molar-refractivity contribution is 8.14. The number of hydrogen-bond acceptors (Lipinski definition) is 5. The lowest BCUT2D eigenvalue weighted by molar-refractivity contribution is -0.122. The Morgan fingerprint density at radius 2 is 2.29 bits per heavy atom. The summed E-state index contributed by atoms with van der Waals surface area (Å²) >= 11 is 1.40. The molecule has 1 unspecified atom stereocenters. The van der Waals surface area contributed by atoms with E-state index in [9.17, 15) is 4.79 Å². The first-order chi connectivity index (χ1) is 6.76. The molecule has 2 aliphatic heterocycles. The zero-order chi connectivity index (χ0) is 10.0. The molecule has 0 aromatic carbocycles. The minimum atomic E-state index is -0.692. The number of nitrogens with two attached hydrogens (primary N) is 1. The number of piperidine rings is 1. The average molecular weight is 214 g/mol. The quantitative estimate of drug-likeness (QED) is 0.576. The number of carbonyl (C=O) groups excluding carboxylic acids is 1. The van der Waals surface area contributed by atoms with Crippen molar-refractivity contribution in [2.45, 2.75) is 17.7 Å². The second-order valence-electron chi connectivity index (χ2n) is 3.59. The lowest BCUT2D eigenvalue weighted by Crippen LogP contribution is -2.56. The molecular weight excluding hydrogens is 200 g/mol. The largest absolute Gasteiger partial charge is 0.367 e. The van der Waals surface area contributed by atoms with Gasteiger partial charge in [0.1, 0.15) is 0 Å². The number of hydrogen-bond donors (Lipinski definition) is 3. The van der Waals surface area contributed by atoms with Crippen LogP contribution in [0.3, 0.4) is 0 Å². The van der Waals surface area contributed by atoms with Gasteiger partial charge in [0.05, 0.1) is 5.55 Å². The third kappa shape index (κ3) is 1.48.